The van der Waals surface area contributed by atoms with Crippen molar-refractivity contribution in [3.8, 4) is 0 Å². The fourth-order valence-electron chi connectivity index (χ4n) is 3.01. The van der Waals surface area contributed by atoms with E-state index in [0.29, 0.717) is 35.7 Å². The van der Waals surface area contributed by atoms with Gasteiger partial charge in [-0.05, 0) is 45.0 Å². The number of amides is 2. The first-order valence-electron chi connectivity index (χ1n) is 9.54. The number of fused-ring (bicyclic) bond motifs is 1. The van der Waals surface area contributed by atoms with E-state index < -0.39 is 0 Å². The van der Waals surface area contributed by atoms with Crippen LogP contribution in [0, 0.1) is 6.92 Å². The van der Waals surface area contributed by atoms with Crippen LogP contribution in [-0.2, 0) is 4.74 Å². The van der Waals surface area contributed by atoms with Gasteiger partial charge in [0.2, 0.25) is 0 Å². The first-order valence-corrected chi connectivity index (χ1v) is 9.92. The lowest BCUT2D eigenvalue weighted by molar-refractivity contribution is 0.0936. The molecule has 0 saturated heterocycles. The van der Waals surface area contributed by atoms with Gasteiger partial charge in [-0.2, -0.15) is 5.10 Å². The molecule has 0 spiro atoms. The van der Waals surface area contributed by atoms with Crippen LogP contribution in [0.2, 0.25) is 5.02 Å². The molecule has 0 fully saturated rings. The van der Waals surface area contributed by atoms with Gasteiger partial charge in [-0.25, -0.2) is 9.67 Å². The molecule has 3 rings (SSSR count). The molecular formula is C21H24ClN5O3. The highest BCUT2D eigenvalue weighted by atomic mass is 35.5. The summed E-state index contributed by atoms with van der Waals surface area (Å²) in [6.45, 7) is 6.62. The molecule has 0 bridgehead atoms. The van der Waals surface area contributed by atoms with Gasteiger partial charge in [0.1, 0.15) is 0 Å². The third-order valence-corrected chi connectivity index (χ3v) is 4.87. The van der Waals surface area contributed by atoms with Crippen LogP contribution in [-0.4, -0.2) is 46.8 Å². The van der Waals surface area contributed by atoms with Crippen molar-refractivity contribution in [3.05, 3.63) is 52.3 Å². The van der Waals surface area contributed by atoms with E-state index in [2.05, 4.69) is 20.7 Å². The second kappa shape index (κ2) is 9.23. The SMILES string of the molecule is COCCNC(=O)c1ccc(NC(=O)c2cc3cnn(C(C)C)c3nc2C)cc1Cl. The largest absolute Gasteiger partial charge is 0.383 e. The van der Waals surface area contributed by atoms with Crippen LogP contribution < -0.4 is 10.6 Å². The fourth-order valence-corrected chi connectivity index (χ4v) is 3.28. The summed E-state index contributed by atoms with van der Waals surface area (Å²) in [4.78, 5) is 29.5. The van der Waals surface area contributed by atoms with Crippen LogP contribution in [0.5, 0.6) is 0 Å². The van der Waals surface area contributed by atoms with Gasteiger partial charge in [0.25, 0.3) is 11.8 Å². The molecule has 2 aromatic heterocycles. The van der Waals surface area contributed by atoms with Gasteiger partial charge < -0.3 is 15.4 Å². The Morgan fingerprint density at radius 2 is 1.97 bits per heavy atom. The number of nitrogens with zero attached hydrogens (tertiary/aromatic N) is 3. The first-order chi connectivity index (χ1) is 14.3. The zero-order valence-electron chi connectivity index (χ0n) is 17.3. The molecule has 9 heteroatoms. The van der Waals surface area contributed by atoms with Crippen molar-refractivity contribution in [2.75, 3.05) is 25.6 Å². The molecule has 2 amide bonds. The molecule has 0 aliphatic rings. The number of carbonyl (C=O) groups is 2. The van der Waals surface area contributed by atoms with Gasteiger partial charge in [-0.1, -0.05) is 11.6 Å². The highest BCUT2D eigenvalue weighted by molar-refractivity contribution is 6.34. The van der Waals surface area contributed by atoms with E-state index in [1.54, 1.807) is 44.5 Å². The van der Waals surface area contributed by atoms with E-state index in [4.69, 9.17) is 16.3 Å². The summed E-state index contributed by atoms with van der Waals surface area (Å²) in [5, 5.41) is 10.9. The zero-order chi connectivity index (χ0) is 21.8. The van der Waals surface area contributed by atoms with E-state index in [-0.39, 0.29) is 22.9 Å². The van der Waals surface area contributed by atoms with Gasteiger partial charge >= 0.3 is 0 Å². The highest BCUT2D eigenvalue weighted by Gasteiger charge is 2.17. The Morgan fingerprint density at radius 3 is 2.63 bits per heavy atom. The predicted octanol–water partition coefficient (Wildman–Crippen LogP) is 3.60. The molecule has 8 nitrogen and oxygen atoms in total. The maximum atomic E-state index is 12.8. The van der Waals surface area contributed by atoms with Crippen molar-refractivity contribution in [1.82, 2.24) is 20.1 Å². The van der Waals surface area contributed by atoms with E-state index >= 15 is 0 Å². The molecule has 2 heterocycles. The van der Waals surface area contributed by atoms with E-state index in [1.165, 1.54) is 0 Å². The Balaban J connectivity index is 1.78. The smallest absolute Gasteiger partial charge is 0.257 e. The maximum Gasteiger partial charge on any atom is 0.257 e. The normalized spacial score (nSPS) is 11.1. The summed E-state index contributed by atoms with van der Waals surface area (Å²) in [6.07, 6.45) is 1.70. The molecule has 2 N–H and O–H groups in total. The average molecular weight is 430 g/mol. The second-order valence-electron chi connectivity index (χ2n) is 7.11. The number of rotatable bonds is 7. The predicted molar refractivity (Wildman–Crippen MR) is 116 cm³/mol. The summed E-state index contributed by atoms with van der Waals surface area (Å²) < 4.78 is 6.73. The van der Waals surface area contributed by atoms with Gasteiger partial charge in [0.15, 0.2) is 5.65 Å². The Labute approximate surface area is 179 Å². The van der Waals surface area contributed by atoms with Crippen molar-refractivity contribution in [3.63, 3.8) is 0 Å². The van der Waals surface area contributed by atoms with Crippen molar-refractivity contribution >= 4 is 40.1 Å². The van der Waals surface area contributed by atoms with Crippen LogP contribution in [0.4, 0.5) is 5.69 Å². The molecule has 0 saturated carbocycles. The van der Waals surface area contributed by atoms with Crippen molar-refractivity contribution in [2.24, 2.45) is 0 Å². The monoisotopic (exact) mass is 429 g/mol. The number of nitrogens with one attached hydrogen (secondary N) is 2. The Hall–Kier alpha value is -2.97. The van der Waals surface area contributed by atoms with Crippen molar-refractivity contribution < 1.29 is 14.3 Å². The molecule has 158 valence electrons. The quantitative estimate of drug-likeness (QED) is 0.559. The number of methoxy groups -OCH3 is 1. The summed E-state index contributed by atoms with van der Waals surface area (Å²) in [5.41, 5.74) is 2.60. The summed E-state index contributed by atoms with van der Waals surface area (Å²) in [6, 6.07) is 6.69. The third kappa shape index (κ3) is 4.60. The minimum Gasteiger partial charge on any atom is -0.383 e. The summed E-state index contributed by atoms with van der Waals surface area (Å²) in [7, 11) is 1.56. The Bertz CT molecular complexity index is 1090. The zero-order valence-corrected chi connectivity index (χ0v) is 18.1. The Kier molecular flexibility index (Phi) is 6.69. The number of benzene rings is 1. The molecule has 3 aromatic rings. The Morgan fingerprint density at radius 1 is 1.20 bits per heavy atom. The first kappa shape index (κ1) is 21.7. The highest BCUT2D eigenvalue weighted by Crippen LogP contribution is 2.23. The average Bonchev–Trinajstić information content (AvgIpc) is 3.10. The van der Waals surface area contributed by atoms with Gasteiger partial charge in [0.05, 0.1) is 34.6 Å². The van der Waals surface area contributed by atoms with Crippen LogP contribution in [0.3, 0.4) is 0 Å². The lowest BCUT2D eigenvalue weighted by Crippen LogP contribution is -2.27. The van der Waals surface area contributed by atoms with Crippen LogP contribution in [0.15, 0.2) is 30.5 Å². The van der Waals surface area contributed by atoms with Gasteiger partial charge in [-0.15, -0.1) is 0 Å². The number of aromatic nitrogens is 3. The molecule has 0 aliphatic heterocycles. The maximum absolute atomic E-state index is 12.8. The number of hydrogen-bond donors (Lipinski definition) is 2. The molecule has 0 aliphatic carbocycles. The van der Waals surface area contributed by atoms with Gasteiger partial charge in [0, 0.05) is 30.8 Å². The molecule has 1 aromatic carbocycles. The minimum atomic E-state index is -0.312. The number of carbonyl (C=O) groups excluding carboxylic acids is 2. The topological polar surface area (TPSA) is 98.1 Å². The molecule has 0 atom stereocenters. The van der Waals surface area contributed by atoms with E-state index in [1.807, 2.05) is 18.5 Å². The third-order valence-electron chi connectivity index (χ3n) is 4.56. The number of pyridine rings is 1. The number of hydrogen-bond acceptors (Lipinski definition) is 5. The number of ether oxygens (including phenoxy) is 1. The molecule has 0 radical (unpaired) electrons. The lowest BCUT2D eigenvalue weighted by atomic mass is 10.1. The molecule has 30 heavy (non-hydrogen) atoms. The molecule has 0 unspecified atom stereocenters. The van der Waals surface area contributed by atoms with Crippen LogP contribution >= 0.6 is 11.6 Å². The fraction of sp³-hybridized carbons (Fsp3) is 0.333. The van der Waals surface area contributed by atoms with Crippen molar-refractivity contribution in [2.45, 2.75) is 26.8 Å². The minimum absolute atomic E-state index is 0.168. The van der Waals surface area contributed by atoms with Gasteiger partial charge in [-0.3, -0.25) is 9.59 Å². The number of aryl methyl sites for hydroxylation is 1. The lowest BCUT2D eigenvalue weighted by Gasteiger charge is -2.11. The molecular weight excluding hydrogens is 406 g/mol. The standard InChI is InChI=1S/C21H24ClN5O3/c1-12(2)27-19-14(11-24-27)9-17(13(3)25-19)21(29)26-15-5-6-16(18(22)10-15)20(28)23-7-8-30-4/h5-6,9-12H,7-8H2,1-4H3,(H,23,28)(H,26,29). The number of anilines is 1. The van der Waals surface area contributed by atoms with Crippen molar-refractivity contribution in [1.29, 1.82) is 0 Å². The number of halogens is 1. The van der Waals surface area contributed by atoms with Crippen LogP contribution in [0.25, 0.3) is 11.0 Å². The van der Waals surface area contributed by atoms with E-state index in [9.17, 15) is 9.59 Å². The second-order valence-corrected chi connectivity index (χ2v) is 7.52. The van der Waals surface area contributed by atoms with Crippen LogP contribution in [0.1, 0.15) is 46.3 Å². The summed E-state index contributed by atoms with van der Waals surface area (Å²) >= 11 is 6.24. The summed E-state index contributed by atoms with van der Waals surface area (Å²) in [5.74, 6) is -0.616. The van der Waals surface area contributed by atoms with E-state index in [0.717, 1.165) is 11.0 Å².